The summed E-state index contributed by atoms with van der Waals surface area (Å²) < 4.78 is 1.96. The van der Waals surface area contributed by atoms with Gasteiger partial charge in [0.25, 0.3) is 11.8 Å². The SMILES string of the molecule is CCc1nc2ccccc2n1CCC(=O)ON1C(=O)c2ccccc2C1=O. The predicted octanol–water partition coefficient (Wildman–Crippen LogP) is 2.74. The van der Waals surface area contributed by atoms with E-state index in [2.05, 4.69) is 4.98 Å². The topological polar surface area (TPSA) is 81.5 Å². The second-order valence-corrected chi connectivity index (χ2v) is 6.19. The molecule has 1 aromatic heterocycles. The first-order chi connectivity index (χ1) is 13.1. The third kappa shape index (κ3) is 2.87. The molecular weight excluding hydrogens is 346 g/mol. The van der Waals surface area contributed by atoms with Crippen molar-refractivity contribution in [3.8, 4) is 0 Å². The number of imidazole rings is 1. The Bertz CT molecular complexity index is 1040. The Morgan fingerprint density at radius 2 is 1.63 bits per heavy atom. The Hall–Kier alpha value is -3.48. The number of hydrogen-bond acceptors (Lipinski definition) is 5. The number of imide groups is 1. The van der Waals surface area contributed by atoms with Crippen molar-refractivity contribution in [1.29, 1.82) is 0 Å². The number of benzene rings is 2. The van der Waals surface area contributed by atoms with Gasteiger partial charge in [0.05, 0.1) is 28.6 Å². The van der Waals surface area contributed by atoms with Crippen molar-refractivity contribution in [3.05, 3.63) is 65.5 Å². The molecule has 7 nitrogen and oxygen atoms in total. The molecule has 7 heteroatoms. The first-order valence-electron chi connectivity index (χ1n) is 8.73. The number of para-hydroxylation sites is 2. The molecule has 0 radical (unpaired) electrons. The number of amides is 2. The van der Waals surface area contributed by atoms with Crippen molar-refractivity contribution < 1.29 is 19.2 Å². The minimum absolute atomic E-state index is 0.0146. The zero-order chi connectivity index (χ0) is 19.0. The van der Waals surface area contributed by atoms with E-state index in [-0.39, 0.29) is 17.5 Å². The molecule has 0 unspecified atom stereocenters. The average Bonchev–Trinajstić information content (AvgIpc) is 3.17. The fraction of sp³-hybridized carbons (Fsp3) is 0.200. The molecule has 0 spiro atoms. The molecule has 0 saturated carbocycles. The van der Waals surface area contributed by atoms with Crippen molar-refractivity contribution in [2.24, 2.45) is 0 Å². The van der Waals surface area contributed by atoms with E-state index in [0.29, 0.717) is 11.6 Å². The summed E-state index contributed by atoms with van der Waals surface area (Å²) in [6, 6.07) is 14.1. The summed E-state index contributed by atoms with van der Waals surface area (Å²) in [4.78, 5) is 46.4. The molecule has 2 aromatic carbocycles. The summed E-state index contributed by atoms with van der Waals surface area (Å²) in [5.74, 6) is -1.02. The van der Waals surface area contributed by atoms with E-state index in [9.17, 15) is 14.4 Å². The maximum Gasteiger partial charge on any atom is 0.335 e. The van der Waals surface area contributed by atoms with E-state index in [1.807, 2.05) is 35.8 Å². The highest BCUT2D eigenvalue weighted by Gasteiger charge is 2.38. The molecule has 0 bridgehead atoms. The van der Waals surface area contributed by atoms with E-state index in [1.165, 1.54) is 12.1 Å². The van der Waals surface area contributed by atoms with Crippen LogP contribution in [0.15, 0.2) is 48.5 Å². The molecule has 4 rings (SSSR count). The fourth-order valence-corrected chi connectivity index (χ4v) is 3.25. The second-order valence-electron chi connectivity index (χ2n) is 6.19. The van der Waals surface area contributed by atoms with E-state index >= 15 is 0 Å². The second kappa shape index (κ2) is 6.68. The van der Waals surface area contributed by atoms with Crippen LogP contribution in [0.25, 0.3) is 11.0 Å². The van der Waals surface area contributed by atoms with E-state index < -0.39 is 17.8 Å². The summed E-state index contributed by atoms with van der Waals surface area (Å²) in [5, 5.41) is 0.541. The van der Waals surface area contributed by atoms with Gasteiger partial charge >= 0.3 is 5.97 Å². The van der Waals surface area contributed by atoms with Gasteiger partial charge in [0.2, 0.25) is 0 Å². The van der Waals surface area contributed by atoms with Crippen molar-refractivity contribution in [2.75, 3.05) is 0 Å². The minimum atomic E-state index is -0.649. The van der Waals surface area contributed by atoms with Gasteiger partial charge < -0.3 is 9.40 Å². The number of hydrogen-bond donors (Lipinski definition) is 0. The number of aromatic nitrogens is 2. The Labute approximate surface area is 155 Å². The van der Waals surface area contributed by atoms with E-state index in [0.717, 1.165) is 23.3 Å². The normalized spacial score (nSPS) is 13.3. The molecule has 136 valence electrons. The van der Waals surface area contributed by atoms with Crippen molar-refractivity contribution in [1.82, 2.24) is 14.6 Å². The number of carbonyl (C=O) groups excluding carboxylic acids is 3. The third-order valence-electron chi connectivity index (χ3n) is 4.54. The molecular formula is C20H17N3O4. The van der Waals surface area contributed by atoms with Gasteiger partial charge in [-0.1, -0.05) is 36.3 Å². The lowest BCUT2D eigenvalue weighted by molar-refractivity contribution is -0.168. The van der Waals surface area contributed by atoms with E-state index in [1.54, 1.807) is 12.1 Å². The van der Waals surface area contributed by atoms with Gasteiger partial charge in [-0.25, -0.2) is 9.78 Å². The van der Waals surface area contributed by atoms with Gasteiger partial charge in [-0.05, 0) is 24.3 Å². The Kier molecular flexibility index (Phi) is 4.19. The number of rotatable bonds is 5. The highest BCUT2D eigenvalue weighted by Crippen LogP contribution is 2.23. The van der Waals surface area contributed by atoms with Crippen LogP contribution in [0.3, 0.4) is 0 Å². The number of fused-ring (bicyclic) bond motifs is 2. The van der Waals surface area contributed by atoms with Gasteiger partial charge in [-0.15, -0.1) is 0 Å². The van der Waals surface area contributed by atoms with Crippen LogP contribution >= 0.6 is 0 Å². The highest BCUT2D eigenvalue weighted by atomic mass is 16.7. The molecule has 0 fully saturated rings. The van der Waals surface area contributed by atoms with Crippen molar-refractivity contribution >= 4 is 28.8 Å². The highest BCUT2D eigenvalue weighted by molar-refractivity contribution is 6.20. The Morgan fingerprint density at radius 3 is 2.30 bits per heavy atom. The first-order valence-corrected chi connectivity index (χ1v) is 8.73. The molecule has 0 atom stereocenters. The Morgan fingerprint density at radius 1 is 1.00 bits per heavy atom. The third-order valence-corrected chi connectivity index (χ3v) is 4.54. The molecule has 0 aliphatic carbocycles. The van der Waals surface area contributed by atoms with Crippen LogP contribution < -0.4 is 0 Å². The standard InChI is InChI=1S/C20H17N3O4/c1-2-17-21-15-9-5-6-10-16(15)22(17)12-11-18(24)27-23-19(25)13-7-3-4-8-14(13)20(23)26/h3-10H,2,11-12H2,1H3. The molecule has 1 aliphatic heterocycles. The molecule has 0 saturated heterocycles. The molecule has 2 amide bonds. The van der Waals surface area contributed by atoms with Crippen LogP contribution in [0.2, 0.25) is 0 Å². The summed E-state index contributed by atoms with van der Waals surface area (Å²) in [7, 11) is 0. The Balaban J connectivity index is 1.47. The molecule has 3 aromatic rings. The maximum atomic E-state index is 12.3. The molecule has 2 heterocycles. The number of nitrogens with zero attached hydrogens (tertiary/aromatic N) is 3. The van der Waals surface area contributed by atoms with Crippen molar-refractivity contribution in [2.45, 2.75) is 26.3 Å². The lowest BCUT2D eigenvalue weighted by Gasteiger charge is -2.13. The minimum Gasteiger partial charge on any atom is -0.330 e. The largest absolute Gasteiger partial charge is 0.335 e. The van der Waals surface area contributed by atoms with Crippen molar-refractivity contribution in [3.63, 3.8) is 0 Å². The quantitative estimate of drug-likeness (QED) is 0.651. The van der Waals surface area contributed by atoms with Gasteiger partial charge in [0, 0.05) is 13.0 Å². The van der Waals surface area contributed by atoms with Gasteiger partial charge in [-0.3, -0.25) is 9.59 Å². The molecule has 27 heavy (non-hydrogen) atoms. The van der Waals surface area contributed by atoms with Crippen LogP contribution in [-0.2, 0) is 22.6 Å². The summed E-state index contributed by atoms with van der Waals surface area (Å²) in [6.07, 6.45) is 0.739. The fourth-order valence-electron chi connectivity index (χ4n) is 3.25. The van der Waals surface area contributed by atoms with Gasteiger partial charge in [-0.2, -0.15) is 0 Å². The number of carbonyl (C=O) groups is 3. The summed E-state index contributed by atoms with van der Waals surface area (Å²) >= 11 is 0. The smallest absolute Gasteiger partial charge is 0.330 e. The maximum absolute atomic E-state index is 12.3. The number of aryl methyl sites for hydroxylation is 2. The van der Waals surface area contributed by atoms with Gasteiger partial charge in [0.15, 0.2) is 0 Å². The predicted molar refractivity (Wildman–Crippen MR) is 96.8 cm³/mol. The van der Waals surface area contributed by atoms with Crippen LogP contribution in [0.1, 0.15) is 39.9 Å². The lowest BCUT2D eigenvalue weighted by atomic mass is 10.1. The first kappa shape index (κ1) is 17.0. The lowest BCUT2D eigenvalue weighted by Crippen LogP contribution is -2.33. The summed E-state index contributed by atoms with van der Waals surface area (Å²) in [6.45, 7) is 2.35. The van der Waals surface area contributed by atoms with Crippen LogP contribution in [-0.4, -0.2) is 32.4 Å². The summed E-state index contributed by atoms with van der Waals surface area (Å²) in [5.41, 5.74) is 2.28. The number of hydroxylamine groups is 2. The van der Waals surface area contributed by atoms with E-state index in [4.69, 9.17) is 4.84 Å². The van der Waals surface area contributed by atoms with Crippen LogP contribution in [0.4, 0.5) is 0 Å². The zero-order valence-electron chi connectivity index (χ0n) is 14.7. The van der Waals surface area contributed by atoms with Crippen LogP contribution in [0.5, 0.6) is 0 Å². The van der Waals surface area contributed by atoms with Crippen LogP contribution in [0, 0.1) is 0 Å². The monoisotopic (exact) mass is 363 g/mol. The molecule has 1 aliphatic rings. The zero-order valence-corrected chi connectivity index (χ0v) is 14.7. The average molecular weight is 363 g/mol. The van der Waals surface area contributed by atoms with Gasteiger partial charge in [0.1, 0.15) is 5.82 Å². The molecule has 0 N–H and O–H groups in total.